The van der Waals surface area contributed by atoms with E-state index < -0.39 is 11.5 Å². The lowest BCUT2D eigenvalue weighted by molar-refractivity contribution is -0.146. The van der Waals surface area contributed by atoms with Gasteiger partial charge in [0.2, 0.25) is 0 Å². The van der Waals surface area contributed by atoms with Crippen LogP contribution < -0.4 is 5.73 Å². The minimum atomic E-state index is -1.47. The van der Waals surface area contributed by atoms with E-state index in [9.17, 15) is 9.90 Å². The first-order chi connectivity index (χ1) is 8.97. The molecule has 4 nitrogen and oxygen atoms in total. The number of rotatable bonds is 8. The Morgan fingerprint density at radius 1 is 1.37 bits per heavy atom. The van der Waals surface area contributed by atoms with Crippen molar-refractivity contribution in [3.63, 3.8) is 0 Å². The predicted molar refractivity (Wildman–Crippen MR) is 74.8 cm³/mol. The van der Waals surface area contributed by atoms with E-state index in [0.717, 1.165) is 12.8 Å². The Balaban J connectivity index is 2.56. The monoisotopic (exact) mass is 265 g/mol. The van der Waals surface area contributed by atoms with Crippen molar-refractivity contribution in [1.29, 1.82) is 0 Å². The smallest absolute Gasteiger partial charge is 0.330 e. The van der Waals surface area contributed by atoms with Crippen LogP contribution in [0.4, 0.5) is 0 Å². The summed E-state index contributed by atoms with van der Waals surface area (Å²) in [5.74, 6) is -0.442. The van der Waals surface area contributed by atoms with Gasteiger partial charge in [0.15, 0.2) is 5.54 Å². The van der Waals surface area contributed by atoms with Crippen molar-refractivity contribution < 1.29 is 14.6 Å². The summed E-state index contributed by atoms with van der Waals surface area (Å²) in [7, 11) is 0. The number of hydrogen-bond donors (Lipinski definition) is 2. The lowest BCUT2D eigenvalue weighted by Crippen LogP contribution is -2.49. The van der Waals surface area contributed by atoms with Gasteiger partial charge in [-0.25, -0.2) is 4.79 Å². The van der Waals surface area contributed by atoms with Crippen LogP contribution in [0.5, 0.6) is 0 Å². The molecule has 0 aliphatic rings. The van der Waals surface area contributed by atoms with Gasteiger partial charge in [-0.1, -0.05) is 44.2 Å². The fraction of sp³-hybridized carbons (Fsp3) is 0.533. The predicted octanol–water partition coefficient (Wildman–Crippen LogP) is 2.38. The van der Waals surface area contributed by atoms with Crippen LogP contribution in [0, 0.1) is 5.92 Å². The standard InChI is InChI=1S/C15H23NO3/c1-12(2)7-6-10-19-11-15(16,14(17)18)13-8-4-3-5-9-13/h3-5,8-9,12H,6-7,10-11,16H2,1-2H3,(H,17,18). The SMILES string of the molecule is CC(C)CCCOCC(N)(C(=O)O)c1ccccc1. The van der Waals surface area contributed by atoms with Crippen molar-refractivity contribution in [1.82, 2.24) is 0 Å². The molecule has 1 aromatic rings. The lowest BCUT2D eigenvalue weighted by Gasteiger charge is -2.25. The maximum Gasteiger partial charge on any atom is 0.330 e. The highest BCUT2D eigenvalue weighted by molar-refractivity contribution is 5.80. The van der Waals surface area contributed by atoms with E-state index in [0.29, 0.717) is 18.1 Å². The summed E-state index contributed by atoms with van der Waals surface area (Å²) < 4.78 is 5.46. The molecule has 0 spiro atoms. The van der Waals surface area contributed by atoms with Crippen molar-refractivity contribution in [2.45, 2.75) is 32.2 Å². The quantitative estimate of drug-likeness (QED) is 0.708. The van der Waals surface area contributed by atoms with Crippen LogP contribution in [0.3, 0.4) is 0 Å². The number of carboxylic acid groups (broad SMARTS) is 1. The van der Waals surface area contributed by atoms with Gasteiger partial charge in [-0.05, 0) is 24.3 Å². The van der Waals surface area contributed by atoms with Crippen LogP contribution in [-0.2, 0) is 15.1 Å². The first-order valence-electron chi connectivity index (χ1n) is 6.62. The van der Waals surface area contributed by atoms with Gasteiger partial charge in [-0.15, -0.1) is 0 Å². The molecule has 0 radical (unpaired) electrons. The molecule has 1 aromatic carbocycles. The highest BCUT2D eigenvalue weighted by atomic mass is 16.5. The Bertz CT molecular complexity index is 392. The van der Waals surface area contributed by atoms with E-state index in [2.05, 4.69) is 13.8 Å². The Morgan fingerprint density at radius 3 is 2.53 bits per heavy atom. The van der Waals surface area contributed by atoms with Crippen LogP contribution in [0.25, 0.3) is 0 Å². The molecule has 19 heavy (non-hydrogen) atoms. The number of carboxylic acids is 1. The number of carbonyl (C=O) groups is 1. The molecule has 3 N–H and O–H groups in total. The third-order valence-electron chi connectivity index (χ3n) is 3.07. The average molecular weight is 265 g/mol. The molecule has 0 amide bonds. The molecular weight excluding hydrogens is 242 g/mol. The molecule has 0 bridgehead atoms. The molecule has 0 saturated carbocycles. The maximum atomic E-state index is 11.4. The van der Waals surface area contributed by atoms with Crippen LogP contribution in [0.1, 0.15) is 32.3 Å². The molecule has 0 heterocycles. The second-order valence-electron chi connectivity index (χ2n) is 5.23. The summed E-state index contributed by atoms with van der Waals surface area (Å²) in [6.07, 6.45) is 1.98. The first kappa shape index (κ1) is 15.7. The lowest BCUT2D eigenvalue weighted by atomic mass is 9.92. The second kappa shape index (κ2) is 7.26. The average Bonchev–Trinajstić information content (AvgIpc) is 2.38. The fourth-order valence-corrected chi connectivity index (χ4v) is 1.83. The van der Waals surface area contributed by atoms with E-state index in [-0.39, 0.29) is 6.61 Å². The third-order valence-corrected chi connectivity index (χ3v) is 3.07. The Labute approximate surface area is 114 Å². The van der Waals surface area contributed by atoms with Gasteiger partial charge < -0.3 is 15.6 Å². The number of benzene rings is 1. The number of ether oxygens (including phenoxy) is 1. The van der Waals surface area contributed by atoms with Crippen LogP contribution in [0.15, 0.2) is 30.3 Å². The van der Waals surface area contributed by atoms with Crippen molar-refractivity contribution in [3.8, 4) is 0 Å². The van der Waals surface area contributed by atoms with E-state index in [1.807, 2.05) is 6.07 Å². The minimum Gasteiger partial charge on any atom is -0.480 e. The number of hydrogen-bond acceptors (Lipinski definition) is 3. The Morgan fingerprint density at radius 2 is 2.00 bits per heavy atom. The summed E-state index contributed by atoms with van der Waals surface area (Å²) in [5, 5.41) is 9.33. The van der Waals surface area contributed by atoms with E-state index in [4.69, 9.17) is 10.5 Å². The van der Waals surface area contributed by atoms with E-state index in [1.54, 1.807) is 24.3 Å². The summed E-state index contributed by atoms with van der Waals surface area (Å²) in [6.45, 7) is 4.82. The molecule has 1 atom stereocenters. The number of aliphatic carboxylic acids is 1. The topological polar surface area (TPSA) is 72.5 Å². The van der Waals surface area contributed by atoms with Gasteiger partial charge in [0.05, 0.1) is 6.61 Å². The Hall–Kier alpha value is -1.39. The van der Waals surface area contributed by atoms with Crippen LogP contribution in [-0.4, -0.2) is 24.3 Å². The molecule has 0 saturated heterocycles. The van der Waals surface area contributed by atoms with Crippen molar-refractivity contribution in [3.05, 3.63) is 35.9 Å². The van der Waals surface area contributed by atoms with E-state index >= 15 is 0 Å². The fourth-order valence-electron chi connectivity index (χ4n) is 1.83. The highest BCUT2D eigenvalue weighted by Crippen LogP contribution is 2.19. The summed E-state index contributed by atoms with van der Waals surface area (Å²) in [6, 6.07) is 8.81. The van der Waals surface area contributed by atoms with Gasteiger partial charge >= 0.3 is 5.97 Å². The van der Waals surface area contributed by atoms with Crippen molar-refractivity contribution in [2.75, 3.05) is 13.2 Å². The molecule has 0 aliphatic carbocycles. The normalized spacial score (nSPS) is 14.3. The zero-order valence-corrected chi connectivity index (χ0v) is 11.6. The minimum absolute atomic E-state index is 0.00948. The first-order valence-corrected chi connectivity index (χ1v) is 6.62. The van der Waals surface area contributed by atoms with Crippen LogP contribution in [0.2, 0.25) is 0 Å². The molecule has 106 valence electrons. The van der Waals surface area contributed by atoms with Crippen LogP contribution >= 0.6 is 0 Å². The van der Waals surface area contributed by atoms with Gasteiger partial charge in [0.25, 0.3) is 0 Å². The summed E-state index contributed by atoms with van der Waals surface area (Å²) >= 11 is 0. The van der Waals surface area contributed by atoms with Gasteiger partial charge in [-0.2, -0.15) is 0 Å². The summed E-state index contributed by atoms with van der Waals surface area (Å²) in [5.41, 5.74) is 5.07. The molecule has 0 fully saturated rings. The van der Waals surface area contributed by atoms with Gasteiger partial charge in [0.1, 0.15) is 0 Å². The maximum absolute atomic E-state index is 11.4. The van der Waals surface area contributed by atoms with E-state index in [1.165, 1.54) is 0 Å². The molecule has 1 rings (SSSR count). The number of nitrogens with two attached hydrogens (primary N) is 1. The largest absolute Gasteiger partial charge is 0.480 e. The highest BCUT2D eigenvalue weighted by Gasteiger charge is 2.36. The molecule has 0 aromatic heterocycles. The molecule has 1 unspecified atom stereocenters. The zero-order chi connectivity index (χ0) is 14.3. The molecule has 4 heteroatoms. The van der Waals surface area contributed by atoms with Crippen molar-refractivity contribution in [2.24, 2.45) is 11.7 Å². The third kappa shape index (κ3) is 4.65. The van der Waals surface area contributed by atoms with Gasteiger partial charge in [0, 0.05) is 6.61 Å². The zero-order valence-electron chi connectivity index (χ0n) is 11.6. The Kier molecular flexibility index (Phi) is 5.99. The molecular formula is C15H23NO3. The van der Waals surface area contributed by atoms with Crippen molar-refractivity contribution >= 4 is 5.97 Å². The second-order valence-corrected chi connectivity index (χ2v) is 5.23. The molecule has 0 aliphatic heterocycles. The van der Waals surface area contributed by atoms with Gasteiger partial charge in [-0.3, -0.25) is 0 Å². The summed E-state index contributed by atoms with van der Waals surface area (Å²) in [4.78, 5) is 11.4.